The van der Waals surface area contributed by atoms with Crippen LogP contribution in [0.1, 0.15) is 11.8 Å². The van der Waals surface area contributed by atoms with E-state index in [0.29, 0.717) is 5.75 Å². The van der Waals surface area contributed by atoms with Crippen LogP contribution in [0, 0.1) is 5.82 Å². The third kappa shape index (κ3) is 3.27. The Kier molecular flexibility index (Phi) is 3.52. The molecule has 18 heavy (non-hydrogen) atoms. The number of hydrogen-bond donors (Lipinski definition) is 1. The number of benzene rings is 1. The quantitative estimate of drug-likeness (QED) is 0.866. The van der Waals surface area contributed by atoms with Crippen LogP contribution in [0.25, 0.3) is 0 Å². The normalized spacial score (nSPS) is 10.3. The van der Waals surface area contributed by atoms with Crippen molar-refractivity contribution in [2.75, 3.05) is 0 Å². The van der Waals surface area contributed by atoms with Gasteiger partial charge in [-0.3, -0.25) is 4.79 Å². The molecule has 0 saturated carbocycles. The Morgan fingerprint density at radius 3 is 2.89 bits per heavy atom. The average molecular weight is 252 g/mol. The summed E-state index contributed by atoms with van der Waals surface area (Å²) in [5.74, 6) is -1.01. The first kappa shape index (κ1) is 12.0. The first-order chi connectivity index (χ1) is 8.63. The Labute approximate surface area is 101 Å². The van der Waals surface area contributed by atoms with Crippen molar-refractivity contribution in [3.8, 4) is 5.75 Å². The van der Waals surface area contributed by atoms with Crippen LogP contribution in [-0.4, -0.2) is 21.3 Å². The molecule has 6 nitrogen and oxygen atoms in total. The molecule has 0 spiro atoms. The summed E-state index contributed by atoms with van der Waals surface area (Å²) in [6, 6.07) is 5.60. The second kappa shape index (κ2) is 5.26. The monoisotopic (exact) mass is 252 g/mol. The molecule has 1 aromatic heterocycles. The zero-order valence-electron chi connectivity index (χ0n) is 9.17. The number of aromatic nitrogens is 2. The molecule has 0 bridgehead atoms. The number of carbonyl (C=O) groups is 1. The molecular formula is C11H9FN2O4. The average Bonchev–Trinajstić information content (AvgIpc) is 2.73. The lowest BCUT2D eigenvalue weighted by Gasteiger charge is -2.02. The predicted octanol–water partition coefficient (Wildman–Crippen LogP) is 1.41. The summed E-state index contributed by atoms with van der Waals surface area (Å²) in [6.07, 6.45) is -0.340. The highest BCUT2D eigenvalue weighted by Gasteiger charge is 2.10. The van der Waals surface area contributed by atoms with E-state index >= 15 is 0 Å². The summed E-state index contributed by atoms with van der Waals surface area (Å²) in [4.78, 5) is 10.4. The molecule has 0 aliphatic heterocycles. The van der Waals surface area contributed by atoms with Gasteiger partial charge < -0.3 is 14.3 Å². The summed E-state index contributed by atoms with van der Waals surface area (Å²) in [5.41, 5.74) is 0. The van der Waals surface area contributed by atoms with Gasteiger partial charge in [0.25, 0.3) is 5.89 Å². The molecule has 0 atom stereocenters. The van der Waals surface area contributed by atoms with E-state index in [-0.39, 0.29) is 24.8 Å². The molecule has 0 unspecified atom stereocenters. The van der Waals surface area contributed by atoms with Crippen LogP contribution >= 0.6 is 0 Å². The van der Waals surface area contributed by atoms with Crippen LogP contribution in [0.4, 0.5) is 4.39 Å². The van der Waals surface area contributed by atoms with Gasteiger partial charge in [0.15, 0.2) is 6.61 Å². The minimum absolute atomic E-state index is 0.000317. The molecule has 0 radical (unpaired) electrons. The Morgan fingerprint density at radius 1 is 1.39 bits per heavy atom. The van der Waals surface area contributed by atoms with Gasteiger partial charge in [-0.25, -0.2) is 4.39 Å². The van der Waals surface area contributed by atoms with E-state index in [1.807, 2.05) is 0 Å². The second-order valence-electron chi connectivity index (χ2n) is 3.41. The van der Waals surface area contributed by atoms with Crippen molar-refractivity contribution < 1.29 is 23.4 Å². The maximum atomic E-state index is 12.8. The molecule has 1 N–H and O–H groups in total. The number of carboxylic acids is 1. The molecular weight excluding hydrogens is 243 g/mol. The Bertz CT molecular complexity index is 555. The van der Waals surface area contributed by atoms with E-state index in [1.165, 1.54) is 18.2 Å². The Morgan fingerprint density at radius 2 is 2.17 bits per heavy atom. The smallest absolute Gasteiger partial charge is 0.312 e. The van der Waals surface area contributed by atoms with Gasteiger partial charge in [0.05, 0.1) is 0 Å². The first-order valence-corrected chi connectivity index (χ1v) is 5.05. The summed E-state index contributed by atoms with van der Waals surface area (Å²) in [6.45, 7) is -0.0456. The van der Waals surface area contributed by atoms with Crippen LogP contribution in [-0.2, 0) is 17.8 Å². The van der Waals surface area contributed by atoms with Gasteiger partial charge >= 0.3 is 5.97 Å². The molecule has 0 aliphatic carbocycles. The standard InChI is InChI=1S/C11H9FN2O4/c12-7-2-1-3-8(4-7)17-6-10-14-13-9(18-10)5-11(15)16/h1-4H,5-6H2,(H,15,16). The highest BCUT2D eigenvalue weighted by molar-refractivity contribution is 5.68. The molecule has 0 fully saturated rings. The summed E-state index contributed by atoms with van der Waals surface area (Å²) >= 11 is 0. The fourth-order valence-electron chi connectivity index (χ4n) is 1.25. The lowest BCUT2D eigenvalue weighted by atomic mass is 10.3. The van der Waals surface area contributed by atoms with Crippen molar-refractivity contribution in [1.82, 2.24) is 10.2 Å². The Balaban J connectivity index is 1.94. The fourth-order valence-corrected chi connectivity index (χ4v) is 1.25. The zero-order chi connectivity index (χ0) is 13.0. The highest BCUT2D eigenvalue weighted by Crippen LogP contribution is 2.13. The lowest BCUT2D eigenvalue weighted by Crippen LogP contribution is -1.99. The van der Waals surface area contributed by atoms with Crippen LogP contribution in [0.2, 0.25) is 0 Å². The molecule has 0 aliphatic rings. The van der Waals surface area contributed by atoms with Crippen LogP contribution in [0.3, 0.4) is 0 Å². The molecule has 2 rings (SSSR count). The van der Waals surface area contributed by atoms with Crippen molar-refractivity contribution >= 4 is 5.97 Å². The summed E-state index contributed by atoms with van der Waals surface area (Å²) in [5, 5.41) is 15.7. The van der Waals surface area contributed by atoms with E-state index in [9.17, 15) is 9.18 Å². The lowest BCUT2D eigenvalue weighted by molar-refractivity contribution is -0.136. The van der Waals surface area contributed by atoms with E-state index in [1.54, 1.807) is 6.07 Å². The van der Waals surface area contributed by atoms with Gasteiger partial charge in [-0.15, -0.1) is 10.2 Å². The molecule has 2 aromatic rings. The molecule has 0 amide bonds. The summed E-state index contributed by atoms with van der Waals surface area (Å²) in [7, 11) is 0. The Hall–Kier alpha value is -2.44. The number of hydrogen-bond acceptors (Lipinski definition) is 5. The van der Waals surface area contributed by atoms with E-state index < -0.39 is 11.8 Å². The number of halogens is 1. The number of rotatable bonds is 5. The van der Waals surface area contributed by atoms with Crippen LogP contribution in [0.15, 0.2) is 28.7 Å². The molecule has 94 valence electrons. The van der Waals surface area contributed by atoms with E-state index in [0.717, 1.165) is 0 Å². The number of ether oxygens (including phenoxy) is 1. The van der Waals surface area contributed by atoms with Gasteiger partial charge in [0.2, 0.25) is 5.89 Å². The van der Waals surface area contributed by atoms with E-state index in [2.05, 4.69) is 10.2 Å². The van der Waals surface area contributed by atoms with Crippen LogP contribution in [0.5, 0.6) is 5.75 Å². The topological polar surface area (TPSA) is 85.5 Å². The van der Waals surface area contributed by atoms with Gasteiger partial charge in [0.1, 0.15) is 18.0 Å². The molecule has 1 aromatic carbocycles. The maximum absolute atomic E-state index is 12.8. The van der Waals surface area contributed by atoms with Gasteiger partial charge in [-0.05, 0) is 12.1 Å². The van der Waals surface area contributed by atoms with Crippen molar-refractivity contribution in [2.24, 2.45) is 0 Å². The fraction of sp³-hybridized carbons (Fsp3) is 0.182. The minimum atomic E-state index is -1.06. The maximum Gasteiger partial charge on any atom is 0.312 e. The SMILES string of the molecule is O=C(O)Cc1nnc(COc2cccc(F)c2)o1. The van der Waals surface area contributed by atoms with Crippen molar-refractivity contribution in [3.63, 3.8) is 0 Å². The zero-order valence-corrected chi connectivity index (χ0v) is 9.17. The largest absolute Gasteiger partial charge is 0.484 e. The van der Waals surface area contributed by atoms with Gasteiger partial charge in [-0.1, -0.05) is 6.07 Å². The number of nitrogens with zero attached hydrogens (tertiary/aromatic N) is 2. The number of aliphatic carboxylic acids is 1. The molecule has 1 heterocycles. The van der Waals surface area contributed by atoms with Gasteiger partial charge in [-0.2, -0.15) is 0 Å². The summed E-state index contributed by atoms with van der Waals surface area (Å²) < 4.78 is 23.1. The van der Waals surface area contributed by atoms with Crippen molar-refractivity contribution in [2.45, 2.75) is 13.0 Å². The predicted molar refractivity (Wildman–Crippen MR) is 56.4 cm³/mol. The second-order valence-corrected chi connectivity index (χ2v) is 3.41. The highest BCUT2D eigenvalue weighted by atomic mass is 19.1. The minimum Gasteiger partial charge on any atom is -0.484 e. The van der Waals surface area contributed by atoms with Crippen molar-refractivity contribution in [1.29, 1.82) is 0 Å². The number of carboxylic acid groups (broad SMARTS) is 1. The molecule has 0 saturated heterocycles. The third-order valence-corrected chi connectivity index (χ3v) is 1.97. The van der Waals surface area contributed by atoms with Gasteiger partial charge in [0, 0.05) is 6.07 Å². The molecule has 7 heteroatoms. The first-order valence-electron chi connectivity index (χ1n) is 5.05. The third-order valence-electron chi connectivity index (χ3n) is 1.97. The van der Waals surface area contributed by atoms with Crippen molar-refractivity contribution in [3.05, 3.63) is 41.9 Å². The van der Waals surface area contributed by atoms with Crippen LogP contribution < -0.4 is 4.74 Å². The van der Waals surface area contributed by atoms with E-state index in [4.69, 9.17) is 14.3 Å².